The molecule has 1 amide bonds. The highest BCUT2D eigenvalue weighted by Gasteiger charge is 2.22. The van der Waals surface area contributed by atoms with Crippen LogP contribution in [0.5, 0.6) is 0 Å². The summed E-state index contributed by atoms with van der Waals surface area (Å²) in [6.07, 6.45) is -0.565. The maximum atomic E-state index is 11.7. The number of hydrogen-bond acceptors (Lipinski definition) is 4. The third-order valence-corrected chi connectivity index (χ3v) is 3.89. The van der Waals surface area contributed by atoms with Gasteiger partial charge in [-0.25, -0.2) is 0 Å². The lowest BCUT2D eigenvalue weighted by molar-refractivity contribution is -0.137. The monoisotopic (exact) mass is 312 g/mol. The normalized spacial score (nSPS) is 17.8. The van der Waals surface area contributed by atoms with Crippen molar-refractivity contribution in [3.05, 3.63) is 34.9 Å². The van der Waals surface area contributed by atoms with E-state index in [1.54, 1.807) is 17.0 Å². The number of methoxy groups -OCH3 is 1. The number of ether oxygens (including phenoxy) is 1. The maximum absolute atomic E-state index is 11.7. The van der Waals surface area contributed by atoms with Crippen molar-refractivity contribution in [2.75, 3.05) is 46.4 Å². The Bertz CT molecular complexity index is 476. The van der Waals surface area contributed by atoms with Gasteiger partial charge in [0, 0.05) is 44.9 Å². The Morgan fingerprint density at radius 1 is 1.38 bits per heavy atom. The SMILES string of the molecule is COCC(=O)N1CCN(CC(O)c2cccc(Cl)c2)CC1. The van der Waals surface area contributed by atoms with E-state index < -0.39 is 6.10 Å². The van der Waals surface area contributed by atoms with E-state index >= 15 is 0 Å². The molecule has 1 saturated heterocycles. The van der Waals surface area contributed by atoms with Crippen LogP contribution < -0.4 is 0 Å². The highest BCUT2D eigenvalue weighted by Crippen LogP contribution is 2.19. The Morgan fingerprint density at radius 2 is 2.10 bits per heavy atom. The Labute approximate surface area is 130 Å². The van der Waals surface area contributed by atoms with Crippen molar-refractivity contribution >= 4 is 17.5 Å². The molecule has 0 saturated carbocycles. The summed E-state index contributed by atoms with van der Waals surface area (Å²) in [6, 6.07) is 7.28. The number of carbonyl (C=O) groups excluding carboxylic acids is 1. The van der Waals surface area contributed by atoms with Gasteiger partial charge in [0.25, 0.3) is 0 Å². The van der Waals surface area contributed by atoms with Crippen molar-refractivity contribution in [3.8, 4) is 0 Å². The number of nitrogens with zero attached hydrogens (tertiary/aromatic N) is 2. The lowest BCUT2D eigenvalue weighted by Crippen LogP contribution is -2.50. The lowest BCUT2D eigenvalue weighted by atomic mass is 10.1. The number of hydrogen-bond donors (Lipinski definition) is 1. The minimum absolute atomic E-state index is 0.0209. The number of halogens is 1. The first-order valence-corrected chi connectivity index (χ1v) is 7.40. The molecular weight excluding hydrogens is 292 g/mol. The molecule has 0 bridgehead atoms. The molecule has 1 heterocycles. The molecule has 0 spiro atoms. The topological polar surface area (TPSA) is 53.0 Å². The van der Waals surface area contributed by atoms with Gasteiger partial charge in [-0.1, -0.05) is 23.7 Å². The van der Waals surface area contributed by atoms with Gasteiger partial charge in [0.15, 0.2) is 0 Å². The van der Waals surface area contributed by atoms with Crippen molar-refractivity contribution in [3.63, 3.8) is 0 Å². The van der Waals surface area contributed by atoms with Crippen LogP contribution in [0.4, 0.5) is 0 Å². The summed E-state index contributed by atoms with van der Waals surface area (Å²) in [6.45, 7) is 3.53. The second-order valence-electron chi connectivity index (χ2n) is 5.19. The number of amides is 1. The van der Waals surface area contributed by atoms with E-state index in [-0.39, 0.29) is 12.5 Å². The lowest BCUT2D eigenvalue weighted by Gasteiger charge is -2.35. The average Bonchev–Trinajstić information content (AvgIpc) is 2.48. The number of piperazine rings is 1. The molecule has 2 rings (SSSR count). The highest BCUT2D eigenvalue weighted by molar-refractivity contribution is 6.30. The summed E-state index contributed by atoms with van der Waals surface area (Å²) >= 11 is 5.93. The molecule has 6 heteroatoms. The van der Waals surface area contributed by atoms with E-state index in [2.05, 4.69) is 4.90 Å². The Balaban J connectivity index is 1.82. The van der Waals surface area contributed by atoms with Crippen LogP contribution in [0.25, 0.3) is 0 Å². The Hall–Kier alpha value is -1.14. The molecule has 1 aromatic rings. The molecule has 1 atom stereocenters. The van der Waals surface area contributed by atoms with Gasteiger partial charge in [-0.2, -0.15) is 0 Å². The first-order chi connectivity index (χ1) is 10.1. The van der Waals surface area contributed by atoms with Crippen molar-refractivity contribution in [2.24, 2.45) is 0 Å². The van der Waals surface area contributed by atoms with Crippen LogP contribution in [0.3, 0.4) is 0 Å². The molecule has 1 aliphatic rings. The summed E-state index contributed by atoms with van der Waals surface area (Å²) in [5.41, 5.74) is 0.820. The predicted octanol–water partition coefficient (Wildman–Crippen LogP) is 1.16. The molecule has 0 aliphatic carbocycles. The molecule has 0 radical (unpaired) electrons. The first kappa shape index (κ1) is 16.2. The van der Waals surface area contributed by atoms with Crippen LogP contribution in [0.15, 0.2) is 24.3 Å². The summed E-state index contributed by atoms with van der Waals surface area (Å²) in [7, 11) is 1.52. The van der Waals surface area contributed by atoms with Crippen LogP contribution in [0, 0.1) is 0 Å². The standard InChI is InChI=1S/C15H21ClN2O3/c1-21-11-15(20)18-7-5-17(6-8-18)10-14(19)12-3-2-4-13(16)9-12/h2-4,9,14,19H,5-8,10-11H2,1H3. The van der Waals surface area contributed by atoms with Crippen molar-refractivity contribution in [1.29, 1.82) is 0 Å². The Kier molecular flexibility index (Phi) is 5.99. The first-order valence-electron chi connectivity index (χ1n) is 7.02. The van der Waals surface area contributed by atoms with E-state index in [1.165, 1.54) is 7.11 Å². The summed E-state index contributed by atoms with van der Waals surface area (Å²) in [5.74, 6) is 0.0209. The van der Waals surface area contributed by atoms with Crippen LogP contribution in [-0.4, -0.2) is 67.3 Å². The third kappa shape index (κ3) is 4.68. The maximum Gasteiger partial charge on any atom is 0.248 e. The summed E-state index contributed by atoms with van der Waals surface area (Å²) in [4.78, 5) is 15.7. The molecule has 1 unspecified atom stereocenters. The number of benzene rings is 1. The molecule has 0 aromatic heterocycles. The molecule has 1 fully saturated rings. The molecule has 21 heavy (non-hydrogen) atoms. The summed E-state index contributed by atoms with van der Waals surface area (Å²) in [5, 5.41) is 10.9. The largest absolute Gasteiger partial charge is 0.387 e. The zero-order valence-corrected chi connectivity index (χ0v) is 12.9. The molecule has 1 aliphatic heterocycles. The van der Waals surface area contributed by atoms with Crippen molar-refractivity contribution < 1.29 is 14.6 Å². The molecular formula is C15H21ClN2O3. The van der Waals surface area contributed by atoms with Gasteiger partial charge in [0.05, 0.1) is 6.10 Å². The van der Waals surface area contributed by atoms with Gasteiger partial charge in [-0.15, -0.1) is 0 Å². The van der Waals surface area contributed by atoms with Gasteiger partial charge < -0.3 is 14.7 Å². The van der Waals surface area contributed by atoms with Crippen LogP contribution in [-0.2, 0) is 9.53 Å². The fourth-order valence-electron chi connectivity index (χ4n) is 2.46. The zero-order valence-electron chi connectivity index (χ0n) is 12.2. The van der Waals surface area contributed by atoms with Gasteiger partial charge in [0.2, 0.25) is 5.91 Å². The van der Waals surface area contributed by atoms with Gasteiger partial charge >= 0.3 is 0 Å². The summed E-state index contributed by atoms with van der Waals surface area (Å²) < 4.78 is 4.86. The van der Waals surface area contributed by atoms with E-state index in [4.69, 9.17) is 16.3 Å². The fourth-order valence-corrected chi connectivity index (χ4v) is 2.66. The number of aliphatic hydroxyl groups excluding tert-OH is 1. The number of carbonyl (C=O) groups is 1. The Morgan fingerprint density at radius 3 is 2.71 bits per heavy atom. The minimum Gasteiger partial charge on any atom is -0.387 e. The van der Waals surface area contributed by atoms with Crippen molar-refractivity contribution in [1.82, 2.24) is 9.80 Å². The van der Waals surface area contributed by atoms with Crippen LogP contribution >= 0.6 is 11.6 Å². The smallest absolute Gasteiger partial charge is 0.248 e. The van der Waals surface area contributed by atoms with E-state index in [0.29, 0.717) is 24.7 Å². The number of β-amino-alcohol motifs (C(OH)–C–C–N with tert-alkyl or cyclic N) is 1. The highest BCUT2D eigenvalue weighted by atomic mass is 35.5. The molecule has 1 aromatic carbocycles. The molecule has 1 N–H and O–H groups in total. The van der Waals surface area contributed by atoms with E-state index in [0.717, 1.165) is 18.7 Å². The van der Waals surface area contributed by atoms with Gasteiger partial charge in [-0.3, -0.25) is 9.69 Å². The van der Waals surface area contributed by atoms with E-state index in [1.807, 2.05) is 12.1 Å². The number of aliphatic hydroxyl groups is 1. The fraction of sp³-hybridized carbons (Fsp3) is 0.533. The van der Waals surface area contributed by atoms with Crippen molar-refractivity contribution in [2.45, 2.75) is 6.10 Å². The minimum atomic E-state index is -0.565. The molecule has 116 valence electrons. The molecule has 5 nitrogen and oxygen atoms in total. The third-order valence-electron chi connectivity index (χ3n) is 3.66. The second kappa shape index (κ2) is 7.75. The van der Waals surface area contributed by atoms with E-state index in [9.17, 15) is 9.90 Å². The average molecular weight is 313 g/mol. The predicted molar refractivity (Wildman–Crippen MR) is 81.3 cm³/mol. The van der Waals surface area contributed by atoms with Crippen LogP contribution in [0.1, 0.15) is 11.7 Å². The van der Waals surface area contributed by atoms with Crippen LogP contribution in [0.2, 0.25) is 5.02 Å². The van der Waals surface area contributed by atoms with Gasteiger partial charge in [0.1, 0.15) is 6.61 Å². The number of rotatable bonds is 5. The second-order valence-corrected chi connectivity index (χ2v) is 5.62. The quantitative estimate of drug-likeness (QED) is 0.886. The zero-order chi connectivity index (χ0) is 15.2. The van der Waals surface area contributed by atoms with Gasteiger partial charge in [-0.05, 0) is 17.7 Å².